The minimum Gasteiger partial charge on any atom is -0.457 e. The van der Waals surface area contributed by atoms with Gasteiger partial charge in [-0.05, 0) is 74.2 Å². The van der Waals surface area contributed by atoms with Crippen molar-refractivity contribution < 1.29 is 14.3 Å². The van der Waals surface area contributed by atoms with Gasteiger partial charge in [0.25, 0.3) is 0 Å². The van der Waals surface area contributed by atoms with Crippen LogP contribution in [0.4, 0.5) is 4.79 Å². The maximum absolute atomic E-state index is 12.2. The topological polar surface area (TPSA) is 50.8 Å². The molecule has 2 aliphatic rings. The van der Waals surface area contributed by atoms with Gasteiger partial charge in [-0.2, -0.15) is 0 Å². The highest BCUT2D eigenvalue weighted by molar-refractivity contribution is 6.30. The molecule has 0 bridgehead atoms. The van der Waals surface area contributed by atoms with E-state index in [4.69, 9.17) is 21.1 Å². The Morgan fingerprint density at radius 3 is 2.61 bits per heavy atom. The van der Waals surface area contributed by atoms with Crippen molar-refractivity contribution in [2.24, 2.45) is 0 Å². The first kappa shape index (κ1) is 22.0. The summed E-state index contributed by atoms with van der Waals surface area (Å²) in [6, 6.07) is 16.1. The highest BCUT2D eigenvalue weighted by Crippen LogP contribution is 2.26. The molecule has 1 unspecified atom stereocenters. The Hall–Kier alpha value is -2.24. The number of likely N-dealkylation sites (tertiary alicyclic amines) is 1. The number of ether oxygens (including phenoxy) is 2. The fourth-order valence-corrected chi connectivity index (χ4v) is 4.63. The van der Waals surface area contributed by atoms with E-state index in [-0.39, 0.29) is 18.2 Å². The molecule has 1 aliphatic heterocycles. The number of alkyl carbamates (subject to hydrolysis) is 1. The van der Waals surface area contributed by atoms with Gasteiger partial charge in [0.05, 0.1) is 0 Å². The summed E-state index contributed by atoms with van der Waals surface area (Å²) in [6.07, 6.45) is 7.72. The lowest BCUT2D eigenvalue weighted by atomic mass is 9.96. The lowest BCUT2D eigenvalue weighted by Crippen LogP contribution is -2.39. The quantitative estimate of drug-likeness (QED) is 0.558. The summed E-state index contributed by atoms with van der Waals surface area (Å²) in [5, 5.41) is 3.73. The van der Waals surface area contributed by atoms with Crippen molar-refractivity contribution in [2.75, 3.05) is 13.2 Å². The molecule has 1 aliphatic carbocycles. The standard InChI is InChI=1S/C25H31ClN2O3/c26-20-11-13-23(14-12-20)31-24-10-4-6-19(16-24)17-28-15-5-9-22(28)18-30-25(29)27-21-7-2-1-3-8-21/h4,6,10-14,16,21-22H,1-3,5,7-9,15,17-18H2,(H,27,29). The summed E-state index contributed by atoms with van der Waals surface area (Å²) in [5.74, 6) is 1.57. The second-order valence-electron chi connectivity index (χ2n) is 8.55. The van der Waals surface area contributed by atoms with E-state index in [0.29, 0.717) is 11.6 Å². The van der Waals surface area contributed by atoms with Crippen LogP contribution in [0.5, 0.6) is 11.5 Å². The molecule has 1 saturated heterocycles. The maximum Gasteiger partial charge on any atom is 0.407 e. The van der Waals surface area contributed by atoms with Crippen LogP contribution in [0.25, 0.3) is 0 Å². The molecule has 4 rings (SSSR count). The number of rotatable bonds is 7. The van der Waals surface area contributed by atoms with Crippen molar-refractivity contribution in [3.63, 3.8) is 0 Å². The van der Waals surface area contributed by atoms with Crippen LogP contribution in [0.15, 0.2) is 48.5 Å². The van der Waals surface area contributed by atoms with Gasteiger partial charge in [-0.15, -0.1) is 0 Å². The van der Waals surface area contributed by atoms with Crippen molar-refractivity contribution in [2.45, 2.75) is 63.6 Å². The van der Waals surface area contributed by atoms with Gasteiger partial charge in [0.15, 0.2) is 0 Å². The third-order valence-electron chi connectivity index (χ3n) is 6.17. The molecule has 1 saturated carbocycles. The second-order valence-corrected chi connectivity index (χ2v) is 8.98. The maximum atomic E-state index is 12.2. The lowest BCUT2D eigenvalue weighted by Gasteiger charge is -2.26. The van der Waals surface area contributed by atoms with Gasteiger partial charge in [-0.25, -0.2) is 4.79 Å². The van der Waals surface area contributed by atoms with Crippen LogP contribution >= 0.6 is 11.6 Å². The Bertz CT molecular complexity index is 852. The molecule has 1 amide bonds. The smallest absolute Gasteiger partial charge is 0.407 e. The number of hydrogen-bond donors (Lipinski definition) is 1. The summed E-state index contributed by atoms with van der Waals surface area (Å²) >= 11 is 5.95. The SMILES string of the molecule is O=C(NC1CCCCC1)OCC1CCCN1Cc1cccc(Oc2ccc(Cl)cc2)c1. The first-order valence-corrected chi connectivity index (χ1v) is 11.7. The summed E-state index contributed by atoms with van der Waals surface area (Å²) < 4.78 is 11.5. The number of hydrogen-bond acceptors (Lipinski definition) is 4. The van der Waals surface area contributed by atoms with Gasteiger partial charge >= 0.3 is 6.09 Å². The summed E-state index contributed by atoms with van der Waals surface area (Å²) in [7, 11) is 0. The van der Waals surface area contributed by atoms with E-state index in [1.54, 1.807) is 0 Å². The number of halogens is 1. The highest BCUT2D eigenvalue weighted by atomic mass is 35.5. The Morgan fingerprint density at radius 1 is 1.00 bits per heavy atom. The van der Waals surface area contributed by atoms with E-state index in [1.807, 2.05) is 36.4 Å². The number of carbonyl (C=O) groups excluding carboxylic acids is 1. The molecule has 0 aromatic heterocycles. The van der Waals surface area contributed by atoms with E-state index in [1.165, 1.54) is 24.8 Å². The van der Waals surface area contributed by atoms with Crippen LogP contribution in [0.3, 0.4) is 0 Å². The molecule has 0 spiro atoms. The Balaban J connectivity index is 1.28. The minimum absolute atomic E-state index is 0.262. The summed E-state index contributed by atoms with van der Waals surface area (Å²) in [5.41, 5.74) is 1.19. The van der Waals surface area contributed by atoms with Gasteiger partial charge in [0, 0.05) is 23.7 Å². The molecule has 1 N–H and O–H groups in total. The number of carbonyl (C=O) groups is 1. The fourth-order valence-electron chi connectivity index (χ4n) is 4.50. The first-order chi connectivity index (χ1) is 15.2. The van der Waals surface area contributed by atoms with Crippen LogP contribution in [0, 0.1) is 0 Å². The third kappa shape index (κ3) is 6.62. The molecule has 2 aromatic carbocycles. The molecule has 31 heavy (non-hydrogen) atoms. The minimum atomic E-state index is -0.267. The molecular weight excluding hydrogens is 412 g/mol. The molecule has 2 aromatic rings. The average Bonchev–Trinajstić information content (AvgIpc) is 3.22. The van der Waals surface area contributed by atoms with Crippen LogP contribution in [-0.2, 0) is 11.3 Å². The Labute approximate surface area is 189 Å². The number of amides is 1. The summed E-state index contributed by atoms with van der Waals surface area (Å²) in [4.78, 5) is 14.6. The number of nitrogens with zero attached hydrogens (tertiary/aromatic N) is 1. The Morgan fingerprint density at radius 2 is 1.81 bits per heavy atom. The molecule has 166 valence electrons. The van der Waals surface area contributed by atoms with Crippen molar-refractivity contribution >= 4 is 17.7 Å². The molecule has 6 heteroatoms. The van der Waals surface area contributed by atoms with E-state index in [0.717, 1.165) is 50.3 Å². The zero-order valence-corrected chi connectivity index (χ0v) is 18.7. The number of benzene rings is 2. The average molecular weight is 443 g/mol. The third-order valence-corrected chi connectivity index (χ3v) is 6.42. The fraction of sp³-hybridized carbons (Fsp3) is 0.480. The molecule has 1 heterocycles. The van der Waals surface area contributed by atoms with Crippen molar-refractivity contribution in [1.29, 1.82) is 0 Å². The van der Waals surface area contributed by atoms with Crippen LogP contribution in [0.1, 0.15) is 50.5 Å². The monoisotopic (exact) mass is 442 g/mol. The molecule has 0 radical (unpaired) electrons. The van der Waals surface area contributed by atoms with Crippen LogP contribution in [0.2, 0.25) is 5.02 Å². The van der Waals surface area contributed by atoms with E-state index in [9.17, 15) is 4.79 Å². The van der Waals surface area contributed by atoms with Crippen molar-refractivity contribution in [3.05, 3.63) is 59.1 Å². The van der Waals surface area contributed by atoms with E-state index in [2.05, 4.69) is 22.3 Å². The van der Waals surface area contributed by atoms with Gasteiger partial charge in [0.2, 0.25) is 0 Å². The highest BCUT2D eigenvalue weighted by Gasteiger charge is 2.26. The second kappa shape index (κ2) is 10.9. The Kier molecular flexibility index (Phi) is 7.71. The van der Waals surface area contributed by atoms with E-state index < -0.39 is 0 Å². The van der Waals surface area contributed by atoms with Gasteiger partial charge in [-0.3, -0.25) is 4.90 Å². The molecule has 2 fully saturated rings. The lowest BCUT2D eigenvalue weighted by molar-refractivity contribution is 0.101. The van der Waals surface area contributed by atoms with Crippen molar-refractivity contribution in [1.82, 2.24) is 10.2 Å². The summed E-state index contributed by atoms with van der Waals surface area (Å²) in [6.45, 7) is 2.27. The normalized spacial score (nSPS) is 19.8. The van der Waals surface area contributed by atoms with Gasteiger partial charge < -0.3 is 14.8 Å². The largest absolute Gasteiger partial charge is 0.457 e. The molecule has 1 atom stereocenters. The van der Waals surface area contributed by atoms with Crippen LogP contribution < -0.4 is 10.1 Å². The molecule has 5 nitrogen and oxygen atoms in total. The van der Waals surface area contributed by atoms with Crippen molar-refractivity contribution in [3.8, 4) is 11.5 Å². The van der Waals surface area contributed by atoms with E-state index >= 15 is 0 Å². The van der Waals surface area contributed by atoms with Gasteiger partial charge in [-0.1, -0.05) is 43.0 Å². The zero-order valence-electron chi connectivity index (χ0n) is 17.9. The first-order valence-electron chi connectivity index (χ1n) is 11.4. The van der Waals surface area contributed by atoms with Gasteiger partial charge in [0.1, 0.15) is 18.1 Å². The zero-order chi connectivity index (χ0) is 21.5. The predicted molar refractivity (Wildman–Crippen MR) is 123 cm³/mol. The molecular formula is C25H31ClN2O3. The van der Waals surface area contributed by atoms with Crippen LogP contribution in [-0.4, -0.2) is 36.2 Å². The number of nitrogens with one attached hydrogen (secondary N) is 1. The predicted octanol–water partition coefficient (Wildman–Crippen LogP) is 6.16.